The van der Waals surface area contributed by atoms with Crippen molar-refractivity contribution in [3.05, 3.63) is 30.3 Å². The Morgan fingerprint density at radius 3 is 2.47 bits per heavy atom. The van der Waals surface area contributed by atoms with Gasteiger partial charge in [-0.2, -0.15) is 0 Å². The third kappa shape index (κ3) is 6.10. The molecule has 3 nitrogen and oxygen atoms in total. The number of benzene rings is 1. The number of hydrogen-bond acceptors (Lipinski definition) is 3. The van der Waals surface area contributed by atoms with Crippen molar-refractivity contribution in [1.29, 1.82) is 0 Å². The largest absolute Gasteiger partial charge is 0.468 e. The highest BCUT2D eigenvalue weighted by atomic mass is 16.7. The summed E-state index contributed by atoms with van der Waals surface area (Å²) in [5.74, 6) is 0.835. The van der Waals surface area contributed by atoms with Crippen molar-refractivity contribution >= 4 is 0 Å². The highest BCUT2D eigenvalue weighted by molar-refractivity contribution is 5.20. The zero-order chi connectivity index (χ0) is 10.8. The van der Waals surface area contributed by atoms with E-state index < -0.39 is 0 Å². The van der Waals surface area contributed by atoms with Gasteiger partial charge < -0.3 is 14.2 Å². The topological polar surface area (TPSA) is 27.7 Å². The van der Waals surface area contributed by atoms with Gasteiger partial charge in [-0.25, -0.2) is 0 Å². The molecular weight excluding hydrogens is 192 g/mol. The van der Waals surface area contributed by atoms with Crippen molar-refractivity contribution in [2.75, 3.05) is 26.6 Å². The Bertz CT molecular complexity index is 236. The van der Waals surface area contributed by atoms with Crippen LogP contribution in [0.4, 0.5) is 0 Å². The fraction of sp³-hybridized carbons (Fsp3) is 0.500. The molecule has 0 N–H and O–H groups in total. The fourth-order valence-corrected chi connectivity index (χ4v) is 1.09. The highest BCUT2D eigenvalue weighted by Gasteiger charge is 1.91. The Kier molecular flexibility index (Phi) is 6.62. The number of rotatable bonds is 8. The van der Waals surface area contributed by atoms with Gasteiger partial charge in [-0.1, -0.05) is 18.2 Å². The Morgan fingerprint density at radius 2 is 1.73 bits per heavy atom. The van der Waals surface area contributed by atoms with Crippen LogP contribution < -0.4 is 4.74 Å². The van der Waals surface area contributed by atoms with Gasteiger partial charge in [0.05, 0.1) is 6.61 Å². The molecule has 1 aromatic carbocycles. The van der Waals surface area contributed by atoms with E-state index in [2.05, 4.69) is 0 Å². The zero-order valence-corrected chi connectivity index (χ0v) is 9.15. The monoisotopic (exact) mass is 210 g/mol. The predicted octanol–water partition coefficient (Wildman–Crippen LogP) is 2.47. The molecule has 1 aromatic rings. The molecule has 0 fully saturated rings. The Morgan fingerprint density at radius 1 is 1.00 bits per heavy atom. The summed E-state index contributed by atoms with van der Waals surface area (Å²) in [7, 11) is 0. The van der Waals surface area contributed by atoms with Gasteiger partial charge in [0, 0.05) is 13.2 Å². The molecule has 0 unspecified atom stereocenters. The lowest BCUT2D eigenvalue weighted by Gasteiger charge is -2.06. The number of para-hydroxylation sites is 1. The maximum absolute atomic E-state index is 5.35. The fourth-order valence-electron chi connectivity index (χ4n) is 1.09. The Hall–Kier alpha value is -1.06. The van der Waals surface area contributed by atoms with Crippen molar-refractivity contribution in [2.45, 2.75) is 13.3 Å². The standard InChI is InChI=1S/C12H18O3/c1-2-13-9-6-10-14-11-15-12-7-4-3-5-8-12/h3-5,7-8H,2,6,9-11H2,1H3. The second kappa shape index (κ2) is 8.26. The van der Waals surface area contributed by atoms with Crippen LogP contribution in [0.1, 0.15) is 13.3 Å². The van der Waals surface area contributed by atoms with E-state index in [0.717, 1.165) is 25.4 Å². The molecule has 0 bridgehead atoms. The normalized spacial score (nSPS) is 10.2. The molecule has 0 saturated heterocycles. The molecule has 0 heterocycles. The average molecular weight is 210 g/mol. The maximum atomic E-state index is 5.35. The minimum Gasteiger partial charge on any atom is -0.468 e. The summed E-state index contributed by atoms with van der Waals surface area (Å²) in [6.45, 7) is 4.48. The minimum atomic E-state index is 0.302. The molecule has 0 amide bonds. The molecule has 1 rings (SSSR count). The second-order valence-electron chi connectivity index (χ2n) is 3.03. The van der Waals surface area contributed by atoms with Gasteiger partial charge in [0.2, 0.25) is 0 Å². The average Bonchev–Trinajstić information content (AvgIpc) is 2.29. The van der Waals surface area contributed by atoms with E-state index in [1.165, 1.54) is 0 Å². The van der Waals surface area contributed by atoms with Crippen molar-refractivity contribution in [2.24, 2.45) is 0 Å². The summed E-state index contributed by atoms with van der Waals surface area (Å²) in [6.07, 6.45) is 0.909. The Balaban J connectivity index is 1.93. The van der Waals surface area contributed by atoms with Gasteiger partial charge in [-0.15, -0.1) is 0 Å². The first-order valence-electron chi connectivity index (χ1n) is 5.27. The van der Waals surface area contributed by atoms with Crippen LogP contribution >= 0.6 is 0 Å². The third-order valence-electron chi connectivity index (χ3n) is 1.83. The summed E-state index contributed by atoms with van der Waals surface area (Å²) in [4.78, 5) is 0. The number of ether oxygens (including phenoxy) is 3. The molecule has 84 valence electrons. The van der Waals surface area contributed by atoms with Crippen molar-refractivity contribution in [3.63, 3.8) is 0 Å². The van der Waals surface area contributed by atoms with Crippen molar-refractivity contribution in [3.8, 4) is 5.75 Å². The summed E-state index contributed by atoms with van der Waals surface area (Å²) < 4.78 is 15.8. The lowest BCUT2D eigenvalue weighted by molar-refractivity contribution is 0.00473. The smallest absolute Gasteiger partial charge is 0.189 e. The molecule has 0 atom stereocenters. The number of hydrogen-bond donors (Lipinski definition) is 0. The van der Waals surface area contributed by atoms with Gasteiger partial charge in [-0.05, 0) is 25.5 Å². The van der Waals surface area contributed by atoms with Crippen LogP contribution in [-0.4, -0.2) is 26.6 Å². The highest BCUT2D eigenvalue weighted by Crippen LogP contribution is 2.07. The maximum Gasteiger partial charge on any atom is 0.189 e. The predicted molar refractivity (Wildman–Crippen MR) is 59.0 cm³/mol. The van der Waals surface area contributed by atoms with Crippen LogP contribution in [0.3, 0.4) is 0 Å². The van der Waals surface area contributed by atoms with Crippen LogP contribution in [0.2, 0.25) is 0 Å². The van der Waals surface area contributed by atoms with E-state index in [4.69, 9.17) is 14.2 Å². The molecule has 0 aliphatic heterocycles. The molecule has 0 radical (unpaired) electrons. The Labute approximate surface area is 91.0 Å². The van der Waals surface area contributed by atoms with Gasteiger partial charge in [-0.3, -0.25) is 0 Å². The van der Waals surface area contributed by atoms with Gasteiger partial charge >= 0.3 is 0 Å². The van der Waals surface area contributed by atoms with E-state index in [0.29, 0.717) is 13.4 Å². The first-order chi connectivity index (χ1) is 7.43. The second-order valence-corrected chi connectivity index (χ2v) is 3.03. The summed E-state index contributed by atoms with van der Waals surface area (Å²) in [5, 5.41) is 0. The van der Waals surface area contributed by atoms with E-state index in [1.54, 1.807) is 0 Å². The zero-order valence-electron chi connectivity index (χ0n) is 9.15. The van der Waals surface area contributed by atoms with Gasteiger partial charge in [0.25, 0.3) is 0 Å². The first kappa shape index (κ1) is 12.0. The van der Waals surface area contributed by atoms with Crippen LogP contribution in [0.5, 0.6) is 5.75 Å². The minimum absolute atomic E-state index is 0.302. The molecular formula is C12H18O3. The van der Waals surface area contributed by atoms with Crippen LogP contribution in [-0.2, 0) is 9.47 Å². The summed E-state index contributed by atoms with van der Waals surface area (Å²) in [6, 6.07) is 9.64. The quantitative estimate of drug-likeness (QED) is 0.487. The van der Waals surface area contributed by atoms with Crippen molar-refractivity contribution < 1.29 is 14.2 Å². The first-order valence-corrected chi connectivity index (χ1v) is 5.27. The van der Waals surface area contributed by atoms with Crippen LogP contribution in [0, 0.1) is 0 Å². The van der Waals surface area contributed by atoms with Crippen LogP contribution in [0.15, 0.2) is 30.3 Å². The third-order valence-corrected chi connectivity index (χ3v) is 1.83. The lowest BCUT2D eigenvalue weighted by atomic mass is 10.3. The lowest BCUT2D eigenvalue weighted by Crippen LogP contribution is -2.06. The van der Waals surface area contributed by atoms with E-state index in [-0.39, 0.29) is 0 Å². The molecule has 0 aromatic heterocycles. The molecule has 0 aliphatic carbocycles. The molecule has 0 spiro atoms. The molecule has 15 heavy (non-hydrogen) atoms. The molecule has 0 saturated carbocycles. The molecule has 3 heteroatoms. The SMILES string of the molecule is CCOCCCOCOc1ccccc1. The van der Waals surface area contributed by atoms with Crippen molar-refractivity contribution in [1.82, 2.24) is 0 Å². The van der Waals surface area contributed by atoms with E-state index in [1.807, 2.05) is 37.3 Å². The van der Waals surface area contributed by atoms with Crippen LogP contribution in [0.25, 0.3) is 0 Å². The summed E-state index contributed by atoms with van der Waals surface area (Å²) >= 11 is 0. The van der Waals surface area contributed by atoms with E-state index in [9.17, 15) is 0 Å². The molecule has 0 aliphatic rings. The van der Waals surface area contributed by atoms with Gasteiger partial charge in [0.15, 0.2) is 6.79 Å². The summed E-state index contributed by atoms with van der Waals surface area (Å²) in [5.41, 5.74) is 0. The van der Waals surface area contributed by atoms with E-state index >= 15 is 0 Å². The van der Waals surface area contributed by atoms with Gasteiger partial charge in [0.1, 0.15) is 5.75 Å².